The van der Waals surface area contributed by atoms with Crippen molar-refractivity contribution in [1.29, 1.82) is 0 Å². The number of hydrogen-bond acceptors (Lipinski definition) is 5. The molecular weight excluding hydrogens is 584 g/mol. The predicted molar refractivity (Wildman–Crippen MR) is 187 cm³/mol. The Bertz CT molecular complexity index is 1610. The molecule has 248 valence electrons. The van der Waals surface area contributed by atoms with Crippen LogP contribution < -0.4 is 0 Å². The average molecular weight is 635 g/mol. The van der Waals surface area contributed by atoms with Gasteiger partial charge < -0.3 is 15.1 Å². The van der Waals surface area contributed by atoms with Gasteiger partial charge in [0.05, 0.1) is 11.7 Å². The van der Waals surface area contributed by atoms with Crippen LogP contribution in [0.4, 0.5) is 0 Å². The molecule has 6 nitrogen and oxygen atoms in total. The van der Waals surface area contributed by atoms with Crippen LogP contribution >= 0.6 is 0 Å². The monoisotopic (exact) mass is 634 g/mol. The maximum absolute atomic E-state index is 14.4. The van der Waals surface area contributed by atoms with Gasteiger partial charge in [-0.05, 0) is 86.1 Å². The second-order valence-electron chi connectivity index (χ2n) is 14.5. The Morgan fingerprint density at radius 1 is 0.894 bits per heavy atom. The predicted octanol–water partition coefficient (Wildman–Crippen LogP) is 6.79. The molecule has 3 aliphatic carbocycles. The zero-order chi connectivity index (χ0) is 33.2. The number of ketones is 1. The molecule has 0 aromatic heterocycles. The molecule has 2 bridgehead atoms. The van der Waals surface area contributed by atoms with E-state index in [1.54, 1.807) is 6.92 Å². The van der Waals surface area contributed by atoms with Gasteiger partial charge in [0.15, 0.2) is 5.78 Å². The first-order chi connectivity index (χ1) is 22.6. The van der Waals surface area contributed by atoms with Crippen molar-refractivity contribution in [2.45, 2.75) is 83.3 Å². The molecule has 1 saturated carbocycles. The van der Waals surface area contributed by atoms with Crippen LogP contribution in [0.15, 0.2) is 84.4 Å². The Morgan fingerprint density at radius 2 is 1.60 bits per heavy atom. The van der Waals surface area contributed by atoms with Crippen LogP contribution in [-0.4, -0.2) is 76.1 Å². The Labute approximate surface area is 280 Å². The van der Waals surface area contributed by atoms with Gasteiger partial charge >= 0.3 is 0 Å². The molecule has 4 aliphatic rings. The lowest BCUT2D eigenvalue weighted by Gasteiger charge is -2.47. The van der Waals surface area contributed by atoms with Crippen molar-refractivity contribution in [3.8, 4) is 11.1 Å². The Morgan fingerprint density at radius 3 is 2.30 bits per heavy atom. The molecule has 2 N–H and O–H groups in total. The third-order valence-electron chi connectivity index (χ3n) is 11.5. The zero-order valence-electron chi connectivity index (χ0n) is 28.3. The summed E-state index contributed by atoms with van der Waals surface area (Å²) < 4.78 is 0. The van der Waals surface area contributed by atoms with Gasteiger partial charge in [-0.15, -0.1) is 0 Å². The minimum absolute atomic E-state index is 0.0100. The number of carbonyl (C=O) groups is 2. The fraction of sp³-hybridized carbons (Fsp3) is 0.463. The van der Waals surface area contributed by atoms with E-state index in [2.05, 4.69) is 49.1 Å². The fourth-order valence-electron chi connectivity index (χ4n) is 8.39. The van der Waals surface area contributed by atoms with Crippen molar-refractivity contribution in [3.63, 3.8) is 0 Å². The van der Waals surface area contributed by atoms with Gasteiger partial charge in [-0.25, -0.2) is 0 Å². The molecule has 1 heterocycles. The molecule has 7 rings (SSSR count). The van der Waals surface area contributed by atoms with Gasteiger partial charge in [0.25, 0.3) is 0 Å². The van der Waals surface area contributed by atoms with Crippen LogP contribution in [0.2, 0.25) is 0 Å². The van der Waals surface area contributed by atoms with E-state index in [4.69, 9.17) is 0 Å². The SMILES string of the molecule is CC(=O)N1CCN(CC2(O)CCC3c4ccc(cc4C(=O)c4ccc(-c5ccccc5)cc4)CC(O)CCC(C)=CCCC32C)CC1. The van der Waals surface area contributed by atoms with Gasteiger partial charge in [-0.1, -0.05) is 85.3 Å². The van der Waals surface area contributed by atoms with Gasteiger partial charge in [-0.2, -0.15) is 0 Å². The third kappa shape index (κ3) is 7.01. The lowest BCUT2D eigenvalue weighted by molar-refractivity contribution is -0.132. The number of aliphatic hydroxyl groups excluding tert-OH is 1. The molecule has 4 atom stereocenters. The number of benzene rings is 3. The number of aliphatic hydroxyl groups is 2. The lowest BCUT2D eigenvalue weighted by atomic mass is 9.64. The quantitative estimate of drug-likeness (QED) is 0.239. The maximum atomic E-state index is 14.4. The van der Waals surface area contributed by atoms with E-state index in [0.29, 0.717) is 50.0 Å². The molecule has 2 fully saturated rings. The van der Waals surface area contributed by atoms with Crippen molar-refractivity contribution >= 4 is 11.7 Å². The van der Waals surface area contributed by atoms with Gasteiger partial charge in [0, 0.05) is 56.2 Å². The van der Waals surface area contributed by atoms with Crippen molar-refractivity contribution in [1.82, 2.24) is 9.80 Å². The normalized spacial score (nSPS) is 27.2. The first-order valence-electron chi connectivity index (χ1n) is 17.4. The van der Waals surface area contributed by atoms with E-state index in [9.17, 15) is 19.8 Å². The fourth-order valence-corrected chi connectivity index (χ4v) is 8.39. The summed E-state index contributed by atoms with van der Waals surface area (Å²) in [6.45, 7) is 9.43. The molecule has 6 heteroatoms. The Hall–Kier alpha value is -3.58. The number of fused-ring (bicyclic) bond motifs is 8. The lowest BCUT2D eigenvalue weighted by Crippen LogP contribution is -2.57. The highest BCUT2D eigenvalue weighted by Gasteiger charge is 2.57. The first kappa shape index (κ1) is 33.3. The maximum Gasteiger partial charge on any atom is 0.219 e. The second-order valence-corrected chi connectivity index (χ2v) is 14.5. The Kier molecular flexibility index (Phi) is 9.84. The third-order valence-corrected chi connectivity index (χ3v) is 11.5. The molecule has 4 unspecified atom stereocenters. The van der Waals surface area contributed by atoms with Crippen LogP contribution in [0.1, 0.15) is 92.3 Å². The zero-order valence-corrected chi connectivity index (χ0v) is 28.3. The van der Waals surface area contributed by atoms with E-state index in [1.165, 1.54) is 5.57 Å². The van der Waals surface area contributed by atoms with Crippen molar-refractivity contribution in [2.24, 2.45) is 5.41 Å². The molecule has 1 aliphatic heterocycles. The first-order valence-corrected chi connectivity index (χ1v) is 17.4. The molecule has 1 amide bonds. The standard InChI is InChI=1S/C41H50N2O4/c1-29-8-7-20-40(3)38(19-21-41(40,47)28-42-22-24-43(25-23-42)30(2)44)36-18-12-31(26-35(45)17-11-29)27-37(36)39(46)34-15-13-33(14-16-34)32-9-5-4-6-10-32/h4-6,8-10,12-16,18,27,35,38,45,47H,7,11,17,19-26,28H2,1-3H3. The van der Waals surface area contributed by atoms with Crippen molar-refractivity contribution in [3.05, 3.63) is 107 Å². The highest BCUT2D eigenvalue weighted by Crippen LogP contribution is 2.59. The molecule has 0 radical (unpaired) electrons. The number of hydrogen-bond donors (Lipinski definition) is 2. The summed E-state index contributed by atoms with van der Waals surface area (Å²) in [5.41, 5.74) is 5.31. The summed E-state index contributed by atoms with van der Waals surface area (Å²) in [5, 5.41) is 23.6. The number of β-amino-alcohol motifs (C(OH)–C–C–N with tert-alkyl or cyclic N) is 1. The Balaban J connectivity index is 1.37. The van der Waals surface area contributed by atoms with Crippen LogP contribution in [0, 0.1) is 5.41 Å². The van der Waals surface area contributed by atoms with Gasteiger partial charge in [0.2, 0.25) is 5.91 Å². The van der Waals surface area contributed by atoms with E-state index < -0.39 is 17.1 Å². The molecule has 3 aromatic rings. The minimum atomic E-state index is -0.943. The van der Waals surface area contributed by atoms with Crippen LogP contribution in [0.25, 0.3) is 11.1 Å². The van der Waals surface area contributed by atoms with Crippen LogP contribution in [-0.2, 0) is 11.2 Å². The highest BCUT2D eigenvalue weighted by molar-refractivity contribution is 6.10. The van der Waals surface area contributed by atoms with Crippen molar-refractivity contribution < 1.29 is 19.8 Å². The summed E-state index contributed by atoms with van der Waals surface area (Å²) in [5.74, 6) is 0.0772. The molecule has 47 heavy (non-hydrogen) atoms. The smallest absolute Gasteiger partial charge is 0.219 e. The van der Waals surface area contributed by atoms with Gasteiger partial charge in [0.1, 0.15) is 0 Å². The summed E-state index contributed by atoms with van der Waals surface area (Å²) in [4.78, 5) is 30.6. The molecule has 1 saturated heterocycles. The highest BCUT2D eigenvalue weighted by atomic mass is 16.3. The second kappa shape index (κ2) is 13.9. The largest absolute Gasteiger partial charge is 0.393 e. The topological polar surface area (TPSA) is 81.1 Å². The number of rotatable bonds is 5. The van der Waals surface area contributed by atoms with Crippen molar-refractivity contribution in [2.75, 3.05) is 32.7 Å². The number of nitrogens with zero attached hydrogens (tertiary/aromatic N) is 2. The van der Waals surface area contributed by atoms with E-state index in [1.807, 2.05) is 53.4 Å². The number of amides is 1. The average Bonchev–Trinajstić information content (AvgIpc) is 3.32. The van der Waals surface area contributed by atoms with E-state index in [0.717, 1.165) is 61.0 Å². The van der Waals surface area contributed by atoms with E-state index in [-0.39, 0.29) is 17.6 Å². The van der Waals surface area contributed by atoms with E-state index >= 15 is 0 Å². The number of carbonyl (C=O) groups excluding carboxylic acids is 2. The molecular formula is C41H50N2O4. The summed E-state index contributed by atoms with van der Waals surface area (Å²) in [6.07, 6.45) is 6.87. The number of allylic oxidation sites excluding steroid dienone is 2. The summed E-state index contributed by atoms with van der Waals surface area (Å²) in [6, 6.07) is 24.3. The summed E-state index contributed by atoms with van der Waals surface area (Å²) >= 11 is 0. The number of piperazine rings is 1. The summed E-state index contributed by atoms with van der Waals surface area (Å²) in [7, 11) is 0. The minimum Gasteiger partial charge on any atom is -0.393 e. The van der Waals surface area contributed by atoms with Gasteiger partial charge in [-0.3, -0.25) is 14.5 Å². The van der Waals surface area contributed by atoms with Crippen LogP contribution in [0.3, 0.4) is 0 Å². The van der Waals surface area contributed by atoms with Crippen LogP contribution in [0.5, 0.6) is 0 Å². The molecule has 0 spiro atoms. The molecule has 3 aromatic carbocycles.